The number of likely N-dealkylation sites (N-methyl/N-ethyl adjacent to an activating group) is 1. The number of aliphatic hydroxyl groups is 1. The van der Waals surface area contributed by atoms with Crippen molar-refractivity contribution in [2.24, 2.45) is 0 Å². The highest BCUT2D eigenvalue weighted by atomic mass is 16.3. The van der Waals surface area contributed by atoms with Crippen molar-refractivity contribution in [3.05, 3.63) is 23.8 Å². The van der Waals surface area contributed by atoms with Gasteiger partial charge in [0.25, 0.3) is 11.7 Å². The van der Waals surface area contributed by atoms with Crippen LogP contribution in [-0.2, 0) is 0 Å². The van der Waals surface area contributed by atoms with Crippen molar-refractivity contribution in [2.75, 3.05) is 13.1 Å². The van der Waals surface area contributed by atoms with Gasteiger partial charge in [0.05, 0.1) is 5.60 Å². The fourth-order valence-corrected chi connectivity index (χ4v) is 1.93. The van der Waals surface area contributed by atoms with Crippen LogP contribution in [0.4, 0.5) is 0 Å². The number of nitrogens with zero attached hydrogens (tertiary/aromatic N) is 5. The number of hydrogen-bond acceptors (Lipinski definition) is 5. The minimum atomic E-state index is -0.959. The molecule has 0 aliphatic heterocycles. The summed E-state index contributed by atoms with van der Waals surface area (Å²) in [5.41, 5.74) is -0.106. The Labute approximate surface area is 117 Å². The summed E-state index contributed by atoms with van der Waals surface area (Å²) in [4.78, 5) is 22.1. The summed E-state index contributed by atoms with van der Waals surface area (Å²) >= 11 is 0. The maximum atomic E-state index is 12.4. The van der Waals surface area contributed by atoms with Crippen molar-refractivity contribution in [3.8, 4) is 0 Å². The van der Waals surface area contributed by atoms with Gasteiger partial charge in [0.1, 0.15) is 0 Å². The van der Waals surface area contributed by atoms with Crippen LogP contribution in [0.5, 0.6) is 0 Å². The van der Waals surface area contributed by atoms with E-state index in [4.69, 9.17) is 0 Å². The normalized spacial score (nSPS) is 11.8. The zero-order valence-corrected chi connectivity index (χ0v) is 12.2. The van der Waals surface area contributed by atoms with E-state index in [2.05, 4.69) is 15.1 Å². The molecule has 7 nitrogen and oxygen atoms in total. The van der Waals surface area contributed by atoms with Crippen LogP contribution in [0.3, 0.4) is 0 Å². The second-order valence-electron chi connectivity index (χ2n) is 5.37. The Bertz CT molecular complexity index is 629. The van der Waals surface area contributed by atoms with Crippen LogP contribution in [0, 0.1) is 6.92 Å². The summed E-state index contributed by atoms with van der Waals surface area (Å²) in [7, 11) is 0. The molecule has 0 bridgehead atoms. The first-order valence-electron chi connectivity index (χ1n) is 6.52. The van der Waals surface area contributed by atoms with Gasteiger partial charge in [-0.15, -0.1) is 5.10 Å². The first-order valence-corrected chi connectivity index (χ1v) is 6.52. The quantitative estimate of drug-likeness (QED) is 0.887. The summed E-state index contributed by atoms with van der Waals surface area (Å²) in [6, 6.07) is 1.80. The molecular weight excluding hydrogens is 258 g/mol. The fourth-order valence-electron chi connectivity index (χ4n) is 1.93. The lowest BCUT2D eigenvalue weighted by Gasteiger charge is -2.27. The van der Waals surface area contributed by atoms with E-state index in [1.54, 1.807) is 26.1 Å². The summed E-state index contributed by atoms with van der Waals surface area (Å²) < 4.78 is 1.53. The Morgan fingerprint density at radius 2 is 2.20 bits per heavy atom. The van der Waals surface area contributed by atoms with E-state index < -0.39 is 5.60 Å². The fraction of sp³-hybridized carbons (Fsp3) is 0.538. The standard InChI is InChI=1S/C13H19N5O2/c1-5-17(8-13(3,4)20)11(19)10-15-12-14-7-6-9(2)18(12)16-10/h6-7,20H,5,8H2,1-4H3. The molecule has 0 aliphatic carbocycles. The molecule has 20 heavy (non-hydrogen) atoms. The lowest BCUT2D eigenvalue weighted by molar-refractivity contribution is 0.0308. The van der Waals surface area contributed by atoms with Gasteiger partial charge >= 0.3 is 0 Å². The van der Waals surface area contributed by atoms with Gasteiger partial charge in [-0.2, -0.15) is 4.98 Å². The van der Waals surface area contributed by atoms with Gasteiger partial charge in [-0.1, -0.05) is 0 Å². The molecular formula is C13H19N5O2. The van der Waals surface area contributed by atoms with Crippen LogP contribution in [0.25, 0.3) is 5.78 Å². The van der Waals surface area contributed by atoms with E-state index in [0.717, 1.165) is 5.69 Å². The zero-order chi connectivity index (χ0) is 14.9. The molecule has 0 unspecified atom stereocenters. The van der Waals surface area contributed by atoms with Gasteiger partial charge in [0.15, 0.2) is 0 Å². The zero-order valence-electron chi connectivity index (χ0n) is 12.2. The van der Waals surface area contributed by atoms with Crippen molar-refractivity contribution in [1.29, 1.82) is 0 Å². The molecule has 108 valence electrons. The summed E-state index contributed by atoms with van der Waals surface area (Å²) in [5, 5.41) is 14.0. The lowest BCUT2D eigenvalue weighted by Crippen LogP contribution is -2.42. The molecule has 1 N–H and O–H groups in total. The van der Waals surface area contributed by atoms with Crippen molar-refractivity contribution in [1.82, 2.24) is 24.5 Å². The summed E-state index contributed by atoms with van der Waals surface area (Å²) in [6.07, 6.45) is 1.63. The largest absolute Gasteiger partial charge is 0.389 e. The van der Waals surface area contributed by atoms with Crippen LogP contribution >= 0.6 is 0 Å². The van der Waals surface area contributed by atoms with Gasteiger partial charge in [0, 0.05) is 25.0 Å². The van der Waals surface area contributed by atoms with Crippen LogP contribution in [-0.4, -0.2) is 54.2 Å². The third-order valence-corrected chi connectivity index (χ3v) is 2.87. The van der Waals surface area contributed by atoms with E-state index in [-0.39, 0.29) is 18.3 Å². The van der Waals surface area contributed by atoms with Crippen molar-refractivity contribution < 1.29 is 9.90 Å². The number of fused-ring (bicyclic) bond motifs is 1. The number of aromatic nitrogens is 4. The Morgan fingerprint density at radius 1 is 1.50 bits per heavy atom. The van der Waals surface area contributed by atoms with Crippen LogP contribution in [0.1, 0.15) is 37.1 Å². The van der Waals surface area contributed by atoms with E-state index >= 15 is 0 Å². The van der Waals surface area contributed by atoms with Gasteiger partial charge in [-0.25, -0.2) is 9.50 Å². The Balaban J connectivity index is 2.32. The maximum Gasteiger partial charge on any atom is 0.293 e. The Kier molecular flexibility index (Phi) is 3.71. The smallest absolute Gasteiger partial charge is 0.293 e. The number of carbonyl (C=O) groups is 1. The van der Waals surface area contributed by atoms with E-state index in [9.17, 15) is 9.90 Å². The predicted octanol–water partition coefficient (Wildman–Crippen LogP) is 0.666. The molecule has 0 radical (unpaired) electrons. The molecule has 2 aromatic heterocycles. The van der Waals surface area contributed by atoms with Gasteiger partial charge < -0.3 is 10.0 Å². The number of hydrogen-bond donors (Lipinski definition) is 1. The predicted molar refractivity (Wildman–Crippen MR) is 73.4 cm³/mol. The lowest BCUT2D eigenvalue weighted by atomic mass is 10.1. The minimum Gasteiger partial charge on any atom is -0.389 e. The first kappa shape index (κ1) is 14.4. The minimum absolute atomic E-state index is 0.0953. The number of amides is 1. The average molecular weight is 277 g/mol. The molecule has 0 saturated heterocycles. The highest BCUT2D eigenvalue weighted by Gasteiger charge is 2.25. The summed E-state index contributed by atoms with van der Waals surface area (Å²) in [5.74, 6) is 0.185. The third-order valence-electron chi connectivity index (χ3n) is 2.87. The number of carbonyl (C=O) groups excluding carboxylic acids is 1. The van der Waals surface area contributed by atoms with E-state index in [1.807, 2.05) is 13.8 Å². The van der Waals surface area contributed by atoms with Gasteiger partial charge in [0.2, 0.25) is 5.82 Å². The topological polar surface area (TPSA) is 83.6 Å². The average Bonchev–Trinajstić information content (AvgIpc) is 2.79. The summed E-state index contributed by atoms with van der Waals surface area (Å²) in [6.45, 7) is 7.74. The Hall–Kier alpha value is -2.02. The van der Waals surface area contributed by atoms with Crippen LogP contribution in [0.15, 0.2) is 12.3 Å². The molecule has 2 heterocycles. The van der Waals surface area contributed by atoms with Crippen molar-refractivity contribution in [2.45, 2.75) is 33.3 Å². The monoisotopic (exact) mass is 277 g/mol. The molecule has 2 aromatic rings. The molecule has 1 amide bonds. The van der Waals surface area contributed by atoms with E-state index in [1.165, 1.54) is 9.42 Å². The van der Waals surface area contributed by atoms with Crippen molar-refractivity contribution in [3.63, 3.8) is 0 Å². The molecule has 0 saturated carbocycles. The number of rotatable bonds is 4. The number of aryl methyl sites for hydroxylation is 1. The van der Waals surface area contributed by atoms with Crippen LogP contribution in [0.2, 0.25) is 0 Å². The highest BCUT2D eigenvalue weighted by molar-refractivity contribution is 5.90. The van der Waals surface area contributed by atoms with Gasteiger partial charge in [-0.05, 0) is 33.8 Å². The second kappa shape index (κ2) is 5.16. The maximum absolute atomic E-state index is 12.4. The second-order valence-corrected chi connectivity index (χ2v) is 5.37. The molecule has 2 rings (SSSR count). The SMILES string of the molecule is CCN(CC(C)(C)O)C(=O)c1nc2nccc(C)n2n1. The van der Waals surface area contributed by atoms with Crippen molar-refractivity contribution >= 4 is 11.7 Å². The third kappa shape index (κ3) is 2.93. The highest BCUT2D eigenvalue weighted by Crippen LogP contribution is 2.09. The molecule has 0 atom stereocenters. The molecule has 0 aliphatic rings. The molecule has 7 heteroatoms. The Morgan fingerprint density at radius 3 is 2.75 bits per heavy atom. The molecule has 0 fully saturated rings. The molecule has 0 spiro atoms. The van der Waals surface area contributed by atoms with Gasteiger partial charge in [-0.3, -0.25) is 4.79 Å². The van der Waals surface area contributed by atoms with E-state index in [0.29, 0.717) is 12.3 Å². The van der Waals surface area contributed by atoms with Crippen LogP contribution < -0.4 is 0 Å². The molecule has 0 aromatic carbocycles. The first-order chi connectivity index (χ1) is 9.31.